The summed E-state index contributed by atoms with van der Waals surface area (Å²) in [4.78, 5) is 3.20. The van der Waals surface area contributed by atoms with Crippen LogP contribution in [0.1, 0.15) is 6.42 Å². The molecule has 0 atom stereocenters. The van der Waals surface area contributed by atoms with Gasteiger partial charge in [0.2, 0.25) is 0 Å². The lowest BCUT2D eigenvalue weighted by molar-refractivity contribution is 0.198. The highest BCUT2D eigenvalue weighted by atomic mass is 16.5. The molecule has 1 aromatic carbocycles. The number of ether oxygens (including phenoxy) is 1. The number of H-pyrrole nitrogens is 1. The van der Waals surface area contributed by atoms with Crippen LogP contribution in [0.3, 0.4) is 0 Å². The number of anilines is 2. The average Bonchev–Trinajstić information content (AvgIpc) is 2.90. The van der Waals surface area contributed by atoms with Crippen molar-refractivity contribution in [3.8, 4) is 11.3 Å². The molecule has 4 nitrogen and oxygen atoms in total. The number of nitrogens with two attached hydrogens (primary N) is 1. The second-order valence-electron chi connectivity index (χ2n) is 4.16. The fraction of sp³-hybridized carbons (Fsp3) is 0.286. The summed E-state index contributed by atoms with van der Waals surface area (Å²) in [6.07, 6.45) is 2.89. The van der Waals surface area contributed by atoms with Crippen LogP contribution in [0, 0.1) is 0 Å². The van der Waals surface area contributed by atoms with Gasteiger partial charge in [0.05, 0.1) is 0 Å². The van der Waals surface area contributed by atoms with Gasteiger partial charge in [0.25, 0.3) is 0 Å². The third-order valence-electron chi connectivity index (χ3n) is 2.77. The minimum absolute atomic E-state index is 0.764. The Morgan fingerprint density at radius 3 is 2.94 bits per heavy atom. The van der Waals surface area contributed by atoms with Crippen molar-refractivity contribution in [1.82, 2.24) is 4.98 Å². The Labute approximate surface area is 107 Å². The minimum Gasteiger partial charge on any atom is -0.399 e. The Morgan fingerprint density at radius 1 is 1.33 bits per heavy atom. The molecule has 18 heavy (non-hydrogen) atoms. The second kappa shape index (κ2) is 6.12. The molecule has 0 saturated carbocycles. The molecule has 0 unspecified atom stereocenters. The van der Waals surface area contributed by atoms with Crippen LogP contribution >= 0.6 is 0 Å². The predicted octanol–water partition coefficient (Wildman–Crippen LogP) is 2.71. The van der Waals surface area contributed by atoms with Gasteiger partial charge in [0, 0.05) is 49.1 Å². The lowest BCUT2D eigenvalue weighted by atomic mass is 10.1. The van der Waals surface area contributed by atoms with E-state index in [1.165, 1.54) is 0 Å². The summed E-state index contributed by atoms with van der Waals surface area (Å²) >= 11 is 0. The maximum Gasteiger partial charge on any atom is 0.0479 e. The third-order valence-corrected chi connectivity index (χ3v) is 2.77. The number of methoxy groups -OCH3 is 1. The van der Waals surface area contributed by atoms with Crippen LogP contribution in [0.25, 0.3) is 11.3 Å². The number of aromatic amines is 1. The summed E-state index contributed by atoms with van der Waals surface area (Å²) in [5.41, 5.74) is 9.86. The third kappa shape index (κ3) is 3.05. The van der Waals surface area contributed by atoms with Crippen molar-refractivity contribution in [3.05, 3.63) is 36.5 Å². The highest BCUT2D eigenvalue weighted by Gasteiger charge is 2.05. The Bertz CT molecular complexity index is 480. The number of rotatable bonds is 6. The Morgan fingerprint density at radius 2 is 2.22 bits per heavy atom. The zero-order valence-electron chi connectivity index (χ0n) is 10.6. The van der Waals surface area contributed by atoms with Crippen LogP contribution in [0.5, 0.6) is 0 Å². The van der Waals surface area contributed by atoms with Crippen LogP contribution in [0.4, 0.5) is 11.4 Å². The van der Waals surface area contributed by atoms with Crippen molar-refractivity contribution < 1.29 is 4.74 Å². The molecule has 0 aliphatic carbocycles. The molecule has 0 bridgehead atoms. The van der Waals surface area contributed by atoms with E-state index < -0.39 is 0 Å². The quantitative estimate of drug-likeness (QED) is 0.541. The van der Waals surface area contributed by atoms with Gasteiger partial charge in [-0.05, 0) is 36.8 Å². The molecule has 4 heteroatoms. The maximum atomic E-state index is 5.85. The summed E-state index contributed by atoms with van der Waals surface area (Å²) in [6.45, 7) is 1.64. The summed E-state index contributed by atoms with van der Waals surface area (Å²) in [6, 6.07) is 9.91. The van der Waals surface area contributed by atoms with Gasteiger partial charge >= 0.3 is 0 Å². The molecule has 0 fully saturated rings. The lowest BCUT2D eigenvalue weighted by Crippen LogP contribution is -2.06. The number of benzene rings is 1. The lowest BCUT2D eigenvalue weighted by Gasteiger charge is -2.12. The van der Waals surface area contributed by atoms with Crippen LogP contribution in [-0.2, 0) is 4.74 Å². The van der Waals surface area contributed by atoms with E-state index in [1.807, 2.05) is 36.5 Å². The molecular weight excluding hydrogens is 226 g/mol. The van der Waals surface area contributed by atoms with Gasteiger partial charge in [-0.3, -0.25) is 0 Å². The van der Waals surface area contributed by atoms with Gasteiger partial charge in [-0.25, -0.2) is 0 Å². The maximum absolute atomic E-state index is 5.85. The van der Waals surface area contributed by atoms with Gasteiger partial charge in [-0.2, -0.15) is 0 Å². The second-order valence-corrected chi connectivity index (χ2v) is 4.16. The fourth-order valence-electron chi connectivity index (χ4n) is 1.88. The van der Waals surface area contributed by atoms with Gasteiger partial charge in [-0.1, -0.05) is 0 Å². The highest BCUT2D eigenvalue weighted by Crippen LogP contribution is 2.28. The van der Waals surface area contributed by atoms with Crippen molar-refractivity contribution in [2.45, 2.75) is 6.42 Å². The molecule has 1 aromatic heterocycles. The molecule has 0 aliphatic heterocycles. The molecule has 96 valence electrons. The molecule has 0 amide bonds. The van der Waals surface area contributed by atoms with E-state index >= 15 is 0 Å². The number of hydrogen-bond donors (Lipinski definition) is 3. The van der Waals surface area contributed by atoms with Crippen LogP contribution in [0.15, 0.2) is 36.5 Å². The van der Waals surface area contributed by atoms with Crippen LogP contribution < -0.4 is 11.1 Å². The van der Waals surface area contributed by atoms with E-state index in [-0.39, 0.29) is 0 Å². The Kier molecular flexibility index (Phi) is 4.25. The molecular formula is C14H19N3O. The number of nitrogen functional groups attached to an aromatic ring is 1. The first kappa shape index (κ1) is 12.5. The monoisotopic (exact) mass is 245 g/mol. The van der Waals surface area contributed by atoms with Crippen LogP contribution in [0.2, 0.25) is 0 Å². The standard InChI is InChI=1S/C14H19N3O/c1-18-9-3-8-17-14-6-5-11(15)10-12(14)13-4-2-7-16-13/h2,4-7,10,16-17H,3,8-9,15H2,1H3. The molecule has 2 aromatic rings. The smallest absolute Gasteiger partial charge is 0.0479 e. The average molecular weight is 245 g/mol. The van der Waals surface area contributed by atoms with E-state index in [2.05, 4.69) is 10.3 Å². The van der Waals surface area contributed by atoms with E-state index in [0.717, 1.165) is 42.2 Å². The van der Waals surface area contributed by atoms with Gasteiger partial charge in [0.1, 0.15) is 0 Å². The van der Waals surface area contributed by atoms with Gasteiger partial charge in [0.15, 0.2) is 0 Å². The number of aromatic nitrogens is 1. The molecule has 2 rings (SSSR count). The molecule has 1 heterocycles. The van der Waals surface area contributed by atoms with E-state index in [9.17, 15) is 0 Å². The SMILES string of the molecule is COCCCNc1ccc(N)cc1-c1ccc[nH]1. The van der Waals surface area contributed by atoms with Crippen molar-refractivity contribution in [2.75, 3.05) is 31.3 Å². The van der Waals surface area contributed by atoms with Gasteiger partial charge < -0.3 is 20.8 Å². The summed E-state index contributed by atoms with van der Waals surface area (Å²) in [5.74, 6) is 0. The summed E-state index contributed by atoms with van der Waals surface area (Å²) in [7, 11) is 1.72. The van der Waals surface area contributed by atoms with Crippen molar-refractivity contribution in [2.24, 2.45) is 0 Å². The van der Waals surface area contributed by atoms with Crippen molar-refractivity contribution in [1.29, 1.82) is 0 Å². The summed E-state index contributed by atoms with van der Waals surface area (Å²) in [5, 5.41) is 3.41. The van der Waals surface area contributed by atoms with Crippen LogP contribution in [-0.4, -0.2) is 25.2 Å². The Hall–Kier alpha value is -1.94. The molecule has 0 saturated heterocycles. The first-order chi connectivity index (χ1) is 8.81. The zero-order chi connectivity index (χ0) is 12.8. The minimum atomic E-state index is 0.764. The fourth-order valence-corrected chi connectivity index (χ4v) is 1.88. The van der Waals surface area contributed by atoms with E-state index in [1.54, 1.807) is 7.11 Å². The topological polar surface area (TPSA) is 63.1 Å². The van der Waals surface area contributed by atoms with E-state index in [4.69, 9.17) is 10.5 Å². The zero-order valence-corrected chi connectivity index (χ0v) is 10.6. The molecule has 4 N–H and O–H groups in total. The molecule has 0 spiro atoms. The summed E-state index contributed by atoms with van der Waals surface area (Å²) < 4.78 is 5.04. The van der Waals surface area contributed by atoms with Gasteiger partial charge in [-0.15, -0.1) is 0 Å². The Balaban J connectivity index is 2.14. The first-order valence-electron chi connectivity index (χ1n) is 6.07. The highest BCUT2D eigenvalue weighted by molar-refractivity contribution is 5.78. The number of hydrogen-bond acceptors (Lipinski definition) is 3. The predicted molar refractivity (Wildman–Crippen MR) is 75.6 cm³/mol. The largest absolute Gasteiger partial charge is 0.399 e. The number of nitrogens with one attached hydrogen (secondary N) is 2. The van der Waals surface area contributed by atoms with E-state index in [0.29, 0.717) is 0 Å². The molecule has 0 radical (unpaired) electrons. The first-order valence-corrected chi connectivity index (χ1v) is 6.07. The van der Waals surface area contributed by atoms with Crippen molar-refractivity contribution in [3.63, 3.8) is 0 Å². The normalized spacial score (nSPS) is 10.5. The molecule has 0 aliphatic rings. The van der Waals surface area contributed by atoms with Crippen molar-refractivity contribution >= 4 is 11.4 Å².